The van der Waals surface area contributed by atoms with Gasteiger partial charge < -0.3 is 5.11 Å². The summed E-state index contributed by atoms with van der Waals surface area (Å²) in [4.78, 5) is 0. The van der Waals surface area contributed by atoms with Gasteiger partial charge in [0.15, 0.2) is 0 Å². The largest absolute Gasteiger partial charge is 0.506 e. The van der Waals surface area contributed by atoms with E-state index in [1.807, 2.05) is 12.1 Å². The molecule has 0 aliphatic carbocycles. The van der Waals surface area contributed by atoms with Crippen molar-refractivity contribution in [2.75, 3.05) is 0 Å². The molecule has 16 heavy (non-hydrogen) atoms. The van der Waals surface area contributed by atoms with Crippen molar-refractivity contribution in [3.05, 3.63) is 52.5 Å². The molecule has 0 fully saturated rings. The number of benzene rings is 2. The number of rotatable bonds is 1. The van der Waals surface area contributed by atoms with Crippen molar-refractivity contribution in [3.63, 3.8) is 0 Å². The van der Waals surface area contributed by atoms with E-state index in [1.165, 1.54) is 11.1 Å². The van der Waals surface area contributed by atoms with Crippen LogP contribution in [0.2, 0.25) is 5.02 Å². The first-order chi connectivity index (χ1) is 7.58. The van der Waals surface area contributed by atoms with Crippen LogP contribution in [0, 0.1) is 13.8 Å². The van der Waals surface area contributed by atoms with Crippen LogP contribution in [0.25, 0.3) is 11.1 Å². The van der Waals surface area contributed by atoms with Crippen LogP contribution in [0.4, 0.5) is 0 Å². The summed E-state index contributed by atoms with van der Waals surface area (Å²) in [6.45, 7) is 4.16. The normalized spacial score (nSPS) is 10.4. The van der Waals surface area contributed by atoms with E-state index in [1.54, 1.807) is 12.1 Å². The van der Waals surface area contributed by atoms with Crippen LogP contribution in [0.15, 0.2) is 36.4 Å². The summed E-state index contributed by atoms with van der Waals surface area (Å²) in [5, 5.41) is 9.94. The monoisotopic (exact) mass is 232 g/mol. The van der Waals surface area contributed by atoms with Gasteiger partial charge in [-0.15, -0.1) is 0 Å². The summed E-state index contributed by atoms with van der Waals surface area (Å²) < 4.78 is 0. The molecule has 1 N–H and O–H groups in total. The van der Waals surface area contributed by atoms with Crippen LogP contribution in [-0.4, -0.2) is 5.11 Å². The Bertz CT molecular complexity index is 483. The third kappa shape index (κ3) is 2.05. The molecule has 2 rings (SSSR count). The molecule has 1 nitrogen and oxygen atoms in total. The maximum absolute atomic E-state index is 9.55. The molecule has 0 saturated heterocycles. The molecule has 0 saturated carbocycles. The lowest BCUT2D eigenvalue weighted by Gasteiger charge is -2.06. The number of aryl methyl sites for hydroxylation is 2. The Labute approximate surface area is 100 Å². The first-order valence-corrected chi connectivity index (χ1v) is 5.52. The van der Waals surface area contributed by atoms with Crippen molar-refractivity contribution in [2.24, 2.45) is 0 Å². The van der Waals surface area contributed by atoms with Crippen LogP contribution in [0.5, 0.6) is 5.75 Å². The third-order valence-corrected chi connectivity index (χ3v) is 3.11. The molecule has 82 valence electrons. The van der Waals surface area contributed by atoms with E-state index in [2.05, 4.69) is 26.0 Å². The van der Waals surface area contributed by atoms with E-state index in [0.29, 0.717) is 5.02 Å². The summed E-state index contributed by atoms with van der Waals surface area (Å²) in [7, 11) is 0. The van der Waals surface area contributed by atoms with E-state index < -0.39 is 0 Å². The van der Waals surface area contributed by atoms with Crippen molar-refractivity contribution in [1.29, 1.82) is 0 Å². The second-order valence-corrected chi connectivity index (χ2v) is 4.37. The Morgan fingerprint density at radius 2 is 1.50 bits per heavy atom. The number of hydrogen-bond acceptors (Lipinski definition) is 1. The van der Waals surface area contributed by atoms with Gasteiger partial charge in [-0.1, -0.05) is 35.9 Å². The molecular formula is C14H13ClO. The molecule has 2 aromatic carbocycles. The number of phenols is 1. The lowest BCUT2D eigenvalue weighted by atomic mass is 10.0. The van der Waals surface area contributed by atoms with Gasteiger partial charge in [-0.2, -0.15) is 0 Å². The van der Waals surface area contributed by atoms with Gasteiger partial charge in [-0.05, 0) is 48.2 Å². The van der Waals surface area contributed by atoms with E-state index in [9.17, 15) is 5.11 Å². The maximum Gasteiger partial charge on any atom is 0.134 e. The Hall–Kier alpha value is -1.47. The highest BCUT2D eigenvalue weighted by atomic mass is 35.5. The van der Waals surface area contributed by atoms with Crippen molar-refractivity contribution >= 4 is 11.6 Å². The van der Waals surface area contributed by atoms with E-state index >= 15 is 0 Å². The number of aromatic hydroxyl groups is 1. The van der Waals surface area contributed by atoms with Gasteiger partial charge in [0.1, 0.15) is 5.75 Å². The van der Waals surface area contributed by atoms with Gasteiger partial charge in [-0.25, -0.2) is 0 Å². The molecule has 0 aliphatic rings. The Balaban J connectivity index is 2.50. The lowest BCUT2D eigenvalue weighted by molar-refractivity contribution is 0.476. The second kappa shape index (κ2) is 4.18. The molecule has 2 aromatic rings. The van der Waals surface area contributed by atoms with Crippen LogP contribution < -0.4 is 0 Å². The van der Waals surface area contributed by atoms with Gasteiger partial charge in [0.25, 0.3) is 0 Å². The molecule has 0 unspecified atom stereocenters. The molecule has 0 amide bonds. The van der Waals surface area contributed by atoms with Gasteiger partial charge in [-0.3, -0.25) is 0 Å². The van der Waals surface area contributed by atoms with Crippen molar-refractivity contribution in [3.8, 4) is 16.9 Å². The molecule has 0 atom stereocenters. The number of hydrogen-bond donors (Lipinski definition) is 1. The number of phenolic OH excluding ortho intramolecular Hbond substituents is 1. The predicted octanol–water partition coefficient (Wildman–Crippen LogP) is 4.33. The van der Waals surface area contributed by atoms with Crippen molar-refractivity contribution in [1.82, 2.24) is 0 Å². The SMILES string of the molecule is Cc1ccc(-c2ccc(Cl)c(O)c2)cc1C. The number of halogens is 1. The van der Waals surface area contributed by atoms with E-state index in [-0.39, 0.29) is 5.75 Å². The minimum absolute atomic E-state index is 0.123. The fourth-order valence-corrected chi connectivity index (χ4v) is 1.73. The molecule has 2 heteroatoms. The fourth-order valence-electron chi connectivity index (χ4n) is 1.61. The smallest absolute Gasteiger partial charge is 0.134 e. The highest BCUT2D eigenvalue weighted by Gasteiger charge is 2.03. The zero-order valence-electron chi connectivity index (χ0n) is 9.29. The average molecular weight is 233 g/mol. The standard InChI is InChI=1S/C14H13ClO/c1-9-3-4-11(7-10(9)2)12-5-6-13(15)14(16)8-12/h3-8,16H,1-2H3. The zero-order valence-corrected chi connectivity index (χ0v) is 10.0. The third-order valence-electron chi connectivity index (χ3n) is 2.79. The fraction of sp³-hybridized carbons (Fsp3) is 0.143. The Morgan fingerprint density at radius 3 is 2.12 bits per heavy atom. The molecule has 0 spiro atoms. The Kier molecular flexibility index (Phi) is 2.88. The predicted molar refractivity (Wildman–Crippen MR) is 68.0 cm³/mol. The summed E-state index contributed by atoms with van der Waals surface area (Å²) in [5.41, 5.74) is 4.58. The summed E-state index contributed by atoms with van der Waals surface area (Å²) in [5.74, 6) is 0.123. The minimum atomic E-state index is 0.123. The van der Waals surface area contributed by atoms with Gasteiger partial charge >= 0.3 is 0 Å². The van der Waals surface area contributed by atoms with E-state index in [0.717, 1.165) is 11.1 Å². The Morgan fingerprint density at radius 1 is 0.875 bits per heavy atom. The molecule has 0 aromatic heterocycles. The van der Waals surface area contributed by atoms with Gasteiger partial charge in [0.2, 0.25) is 0 Å². The maximum atomic E-state index is 9.55. The van der Waals surface area contributed by atoms with E-state index in [4.69, 9.17) is 11.6 Å². The van der Waals surface area contributed by atoms with Crippen LogP contribution in [0.3, 0.4) is 0 Å². The van der Waals surface area contributed by atoms with Gasteiger partial charge in [0, 0.05) is 0 Å². The molecular weight excluding hydrogens is 220 g/mol. The summed E-state index contributed by atoms with van der Waals surface area (Å²) in [6.07, 6.45) is 0. The summed E-state index contributed by atoms with van der Waals surface area (Å²) in [6, 6.07) is 11.5. The minimum Gasteiger partial charge on any atom is -0.506 e. The first-order valence-electron chi connectivity index (χ1n) is 5.14. The molecule has 0 heterocycles. The van der Waals surface area contributed by atoms with Crippen molar-refractivity contribution < 1.29 is 5.11 Å². The summed E-state index contributed by atoms with van der Waals surface area (Å²) >= 11 is 5.77. The van der Waals surface area contributed by atoms with Crippen LogP contribution >= 0.6 is 11.6 Å². The highest BCUT2D eigenvalue weighted by molar-refractivity contribution is 6.32. The topological polar surface area (TPSA) is 20.2 Å². The average Bonchev–Trinajstić information content (AvgIpc) is 2.26. The first kappa shape index (κ1) is 11.0. The van der Waals surface area contributed by atoms with Crippen LogP contribution in [-0.2, 0) is 0 Å². The zero-order chi connectivity index (χ0) is 11.7. The molecule has 0 bridgehead atoms. The van der Waals surface area contributed by atoms with Crippen molar-refractivity contribution in [2.45, 2.75) is 13.8 Å². The quantitative estimate of drug-likeness (QED) is 0.776. The second-order valence-electron chi connectivity index (χ2n) is 3.97. The molecule has 0 radical (unpaired) electrons. The van der Waals surface area contributed by atoms with Crippen LogP contribution in [0.1, 0.15) is 11.1 Å². The molecule has 0 aliphatic heterocycles. The van der Waals surface area contributed by atoms with Gasteiger partial charge in [0.05, 0.1) is 5.02 Å². The lowest BCUT2D eigenvalue weighted by Crippen LogP contribution is -1.83. The highest BCUT2D eigenvalue weighted by Crippen LogP contribution is 2.30.